The summed E-state index contributed by atoms with van der Waals surface area (Å²) in [6, 6.07) is 9.96. The Labute approximate surface area is 117 Å². The van der Waals surface area contributed by atoms with Gasteiger partial charge in [-0.25, -0.2) is 0 Å². The van der Waals surface area contributed by atoms with Gasteiger partial charge in [-0.3, -0.25) is 14.9 Å². The lowest BCUT2D eigenvalue weighted by Crippen LogP contribution is -2.19. The lowest BCUT2D eigenvalue weighted by Gasteiger charge is -2.05. The second-order valence-corrected chi connectivity index (χ2v) is 5.32. The number of aromatic nitrogens is 1. The molecule has 0 bridgehead atoms. The third-order valence-corrected chi connectivity index (χ3v) is 3.97. The highest BCUT2D eigenvalue weighted by molar-refractivity contribution is 7.17. The monoisotopic (exact) mass is 286 g/mol. The van der Waals surface area contributed by atoms with E-state index >= 15 is 0 Å². The molecule has 3 aromatic rings. The zero-order chi connectivity index (χ0) is 14.1. The molecule has 20 heavy (non-hydrogen) atoms. The van der Waals surface area contributed by atoms with E-state index in [2.05, 4.69) is 0 Å². The number of pyridine rings is 1. The van der Waals surface area contributed by atoms with Crippen molar-refractivity contribution in [3.05, 3.63) is 74.0 Å². The maximum Gasteiger partial charge on any atom is 0.269 e. The van der Waals surface area contributed by atoms with Crippen LogP contribution in [0.3, 0.4) is 0 Å². The SMILES string of the molecule is O=c1c2ccsc2ccn1Cc1ccc([N+](=O)[O-])cc1. The van der Waals surface area contributed by atoms with E-state index in [1.165, 1.54) is 23.5 Å². The summed E-state index contributed by atoms with van der Waals surface area (Å²) in [4.78, 5) is 22.4. The van der Waals surface area contributed by atoms with Crippen LogP contribution in [-0.2, 0) is 6.54 Å². The molecule has 0 saturated carbocycles. The summed E-state index contributed by atoms with van der Waals surface area (Å²) in [5.74, 6) is 0. The molecule has 0 radical (unpaired) electrons. The van der Waals surface area contributed by atoms with Gasteiger partial charge in [0.25, 0.3) is 11.2 Å². The van der Waals surface area contributed by atoms with E-state index in [0.29, 0.717) is 11.9 Å². The van der Waals surface area contributed by atoms with Crippen molar-refractivity contribution in [3.8, 4) is 0 Å². The molecule has 0 fully saturated rings. The third kappa shape index (κ3) is 2.21. The minimum absolute atomic E-state index is 0.0397. The Bertz CT molecular complexity index is 833. The van der Waals surface area contributed by atoms with Crippen LogP contribution in [0.15, 0.2) is 52.8 Å². The van der Waals surface area contributed by atoms with Gasteiger partial charge in [0.15, 0.2) is 0 Å². The molecule has 0 spiro atoms. The molecule has 6 heteroatoms. The first-order valence-corrected chi connectivity index (χ1v) is 6.83. The molecule has 3 rings (SSSR count). The summed E-state index contributed by atoms with van der Waals surface area (Å²) >= 11 is 1.53. The third-order valence-electron chi connectivity index (χ3n) is 3.09. The van der Waals surface area contributed by atoms with Gasteiger partial charge in [0, 0.05) is 23.0 Å². The molecular formula is C14H10N2O3S. The minimum atomic E-state index is -0.437. The van der Waals surface area contributed by atoms with Crippen molar-refractivity contribution < 1.29 is 4.92 Å². The van der Waals surface area contributed by atoms with Gasteiger partial charge in [0.2, 0.25) is 0 Å². The highest BCUT2D eigenvalue weighted by Crippen LogP contribution is 2.17. The number of fused-ring (bicyclic) bond motifs is 1. The maximum atomic E-state index is 12.2. The van der Waals surface area contributed by atoms with Gasteiger partial charge in [-0.2, -0.15) is 0 Å². The van der Waals surface area contributed by atoms with Crippen LogP contribution < -0.4 is 5.56 Å². The van der Waals surface area contributed by atoms with Crippen molar-refractivity contribution in [1.82, 2.24) is 4.57 Å². The molecule has 1 aromatic carbocycles. The Hall–Kier alpha value is -2.47. The first kappa shape index (κ1) is 12.6. The molecule has 0 N–H and O–H groups in total. The lowest BCUT2D eigenvalue weighted by atomic mass is 10.2. The molecule has 2 aromatic heterocycles. The molecule has 0 amide bonds. The molecule has 5 nitrogen and oxygen atoms in total. The summed E-state index contributed by atoms with van der Waals surface area (Å²) in [5.41, 5.74) is 0.865. The van der Waals surface area contributed by atoms with Crippen LogP contribution in [0, 0.1) is 10.1 Å². The van der Waals surface area contributed by atoms with Gasteiger partial charge in [-0.1, -0.05) is 12.1 Å². The molecule has 0 aliphatic rings. The average Bonchev–Trinajstić information content (AvgIpc) is 2.92. The first-order chi connectivity index (χ1) is 9.65. The predicted molar refractivity (Wildman–Crippen MR) is 78.3 cm³/mol. The van der Waals surface area contributed by atoms with Gasteiger partial charge in [-0.15, -0.1) is 11.3 Å². The number of benzene rings is 1. The van der Waals surface area contributed by atoms with E-state index in [4.69, 9.17) is 0 Å². The Morgan fingerprint density at radius 1 is 1.15 bits per heavy atom. The number of nitro groups is 1. The molecule has 100 valence electrons. The zero-order valence-corrected chi connectivity index (χ0v) is 11.2. The van der Waals surface area contributed by atoms with Crippen LogP contribution in [0.25, 0.3) is 10.1 Å². The number of hydrogen-bond donors (Lipinski definition) is 0. The number of rotatable bonds is 3. The molecule has 0 aliphatic carbocycles. The minimum Gasteiger partial charge on any atom is -0.311 e. The summed E-state index contributed by atoms with van der Waals surface area (Å²) in [5, 5.41) is 13.2. The normalized spacial score (nSPS) is 10.8. The van der Waals surface area contributed by atoms with E-state index in [0.717, 1.165) is 10.3 Å². The van der Waals surface area contributed by atoms with Gasteiger partial charge < -0.3 is 4.57 Å². The van der Waals surface area contributed by atoms with Gasteiger partial charge >= 0.3 is 0 Å². The van der Waals surface area contributed by atoms with E-state index < -0.39 is 4.92 Å². The molecular weight excluding hydrogens is 276 g/mol. The molecule has 2 heterocycles. The summed E-state index contributed by atoms with van der Waals surface area (Å²) < 4.78 is 2.57. The predicted octanol–water partition coefficient (Wildman–Crippen LogP) is 3.02. The van der Waals surface area contributed by atoms with E-state index in [1.54, 1.807) is 22.9 Å². The van der Waals surface area contributed by atoms with E-state index in [-0.39, 0.29) is 11.2 Å². The smallest absolute Gasteiger partial charge is 0.269 e. The number of thiophene rings is 1. The van der Waals surface area contributed by atoms with Crippen molar-refractivity contribution >= 4 is 27.1 Å². The summed E-state index contributed by atoms with van der Waals surface area (Å²) in [6.07, 6.45) is 1.75. The fraction of sp³-hybridized carbons (Fsp3) is 0.0714. The van der Waals surface area contributed by atoms with Crippen LogP contribution in [0.1, 0.15) is 5.56 Å². The number of nitro benzene ring substituents is 1. The molecule has 0 aliphatic heterocycles. The molecule has 0 atom stereocenters. The Kier molecular flexibility index (Phi) is 3.08. The largest absolute Gasteiger partial charge is 0.311 e. The van der Waals surface area contributed by atoms with Crippen LogP contribution >= 0.6 is 11.3 Å². The summed E-state index contributed by atoms with van der Waals surface area (Å²) in [6.45, 7) is 0.405. The van der Waals surface area contributed by atoms with Crippen LogP contribution in [0.4, 0.5) is 5.69 Å². The molecule has 0 saturated heterocycles. The van der Waals surface area contributed by atoms with Gasteiger partial charge in [0.05, 0.1) is 16.9 Å². The fourth-order valence-electron chi connectivity index (χ4n) is 2.05. The Morgan fingerprint density at radius 2 is 1.90 bits per heavy atom. The standard InChI is InChI=1S/C14H10N2O3S/c17-14-12-6-8-20-13(12)5-7-15(14)9-10-1-3-11(4-2-10)16(18)19/h1-8H,9H2. The zero-order valence-electron chi connectivity index (χ0n) is 10.4. The fourth-order valence-corrected chi connectivity index (χ4v) is 2.82. The van der Waals surface area contributed by atoms with Gasteiger partial charge in [0.1, 0.15) is 0 Å². The van der Waals surface area contributed by atoms with E-state index in [9.17, 15) is 14.9 Å². The second kappa shape index (κ2) is 4.90. The van der Waals surface area contributed by atoms with Crippen molar-refractivity contribution in [2.45, 2.75) is 6.54 Å². The molecule has 0 unspecified atom stereocenters. The first-order valence-electron chi connectivity index (χ1n) is 5.95. The number of hydrogen-bond acceptors (Lipinski definition) is 4. The lowest BCUT2D eigenvalue weighted by molar-refractivity contribution is -0.384. The van der Waals surface area contributed by atoms with Crippen LogP contribution in [0.5, 0.6) is 0 Å². The topological polar surface area (TPSA) is 65.1 Å². The van der Waals surface area contributed by atoms with Crippen molar-refractivity contribution in [2.24, 2.45) is 0 Å². The Balaban J connectivity index is 1.94. The Morgan fingerprint density at radius 3 is 2.60 bits per heavy atom. The highest BCUT2D eigenvalue weighted by atomic mass is 32.1. The second-order valence-electron chi connectivity index (χ2n) is 4.37. The van der Waals surface area contributed by atoms with Crippen molar-refractivity contribution in [2.75, 3.05) is 0 Å². The van der Waals surface area contributed by atoms with Crippen molar-refractivity contribution in [3.63, 3.8) is 0 Å². The van der Waals surface area contributed by atoms with Crippen molar-refractivity contribution in [1.29, 1.82) is 0 Å². The maximum absolute atomic E-state index is 12.2. The quantitative estimate of drug-likeness (QED) is 0.549. The van der Waals surface area contributed by atoms with Crippen LogP contribution in [-0.4, -0.2) is 9.49 Å². The average molecular weight is 286 g/mol. The number of nitrogens with zero attached hydrogens (tertiary/aromatic N) is 2. The van der Waals surface area contributed by atoms with Gasteiger partial charge in [-0.05, 0) is 23.1 Å². The summed E-state index contributed by atoms with van der Waals surface area (Å²) in [7, 11) is 0. The highest BCUT2D eigenvalue weighted by Gasteiger charge is 2.06. The van der Waals surface area contributed by atoms with Crippen LogP contribution in [0.2, 0.25) is 0 Å². The van der Waals surface area contributed by atoms with E-state index in [1.807, 2.05) is 17.5 Å². The number of non-ortho nitro benzene ring substituents is 1.